The van der Waals surface area contributed by atoms with E-state index in [0.717, 1.165) is 19.4 Å². The van der Waals surface area contributed by atoms with Crippen LogP contribution in [0.5, 0.6) is 0 Å². The Kier molecular flexibility index (Phi) is 5.36. The van der Waals surface area contributed by atoms with Crippen LogP contribution in [-0.2, 0) is 6.42 Å². The molecule has 3 rings (SSSR count). The maximum absolute atomic E-state index is 12.0. The number of carbonyl (C=O) groups is 1. The van der Waals surface area contributed by atoms with Crippen molar-refractivity contribution in [1.82, 2.24) is 15.4 Å². The Bertz CT molecular complexity index is 815. The van der Waals surface area contributed by atoms with E-state index in [1.165, 1.54) is 5.56 Å². The smallest absolute Gasteiger partial charge is 0.277 e. The van der Waals surface area contributed by atoms with Gasteiger partial charge in [0, 0.05) is 12.6 Å². The molecule has 0 atom stereocenters. The Hall–Kier alpha value is -3.22. The highest BCUT2D eigenvalue weighted by molar-refractivity contribution is 6.02. The third-order valence-electron chi connectivity index (χ3n) is 3.56. The van der Waals surface area contributed by atoms with Crippen LogP contribution in [0.25, 0.3) is 0 Å². The molecule has 0 aliphatic heterocycles. The first-order valence-corrected chi connectivity index (χ1v) is 8.07. The van der Waals surface area contributed by atoms with E-state index in [2.05, 4.69) is 38.1 Å². The van der Waals surface area contributed by atoms with Crippen LogP contribution in [0.4, 0.5) is 11.6 Å². The largest absolute Gasteiger partial charge is 0.369 e. The van der Waals surface area contributed by atoms with E-state index >= 15 is 0 Å². The van der Waals surface area contributed by atoms with E-state index in [4.69, 9.17) is 4.52 Å². The normalized spacial score (nSPS) is 10.4. The standard InChI is InChI=1S/C18H19N5O2/c1-13-12-17(23-25-13)20-18(24)15-9-10-16(22-21-15)19-11-5-8-14-6-3-2-4-7-14/h2-4,6-7,9-10,12H,5,8,11H2,1H3,(H,19,22)(H,20,23,24). The van der Waals surface area contributed by atoms with Gasteiger partial charge in [0.15, 0.2) is 11.5 Å². The molecule has 0 saturated heterocycles. The van der Waals surface area contributed by atoms with E-state index in [0.29, 0.717) is 17.4 Å². The molecule has 1 aromatic carbocycles. The molecule has 0 spiro atoms. The lowest BCUT2D eigenvalue weighted by Gasteiger charge is -2.06. The van der Waals surface area contributed by atoms with Gasteiger partial charge in [0.1, 0.15) is 11.6 Å². The summed E-state index contributed by atoms with van der Waals surface area (Å²) in [6.07, 6.45) is 1.98. The fraction of sp³-hybridized carbons (Fsp3) is 0.222. The SMILES string of the molecule is Cc1cc(NC(=O)c2ccc(NCCCc3ccccc3)nn2)no1. The number of hydrogen-bond donors (Lipinski definition) is 2. The minimum atomic E-state index is -0.378. The van der Waals surface area contributed by atoms with Crippen molar-refractivity contribution in [2.75, 3.05) is 17.2 Å². The van der Waals surface area contributed by atoms with Crippen LogP contribution in [-0.4, -0.2) is 27.8 Å². The zero-order valence-corrected chi connectivity index (χ0v) is 13.9. The van der Waals surface area contributed by atoms with Gasteiger partial charge >= 0.3 is 0 Å². The van der Waals surface area contributed by atoms with Crippen molar-refractivity contribution >= 4 is 17.5 Å². The average Bonchev–Trinajstić information content (AvgIpc) is 3.05. The maximum atomic E-state index is 12.0. The van der Waals surface area contributed by atoms with Crippen molar-refractivity contribution < 1.29 is 9.32 Å². The lowest BCUT2D eigenvalue weighted by molar-refractivity contribution is 0.102. The molecule has 7 nitrogen and oxygen atoms in total. The molecule has 0 aliphatic rings. The van der Waals surface area contributed by atoms with Crippen LogP contribution >= 0.6 is 0 Å². The lowest BCUT2D eigenvalue weighted by Crippen LogP contribution is -2.15. The number of carbonyl (C=O) groups excluding carboxylic acids is 1. The zero-order chi connectivity index (χ0) is 17.5. The van der Waals surface area contributed by atoms with E-state index in [9.17, 15) is 4.79 Å². The molecule has 7 heteroatoms. The quantitative estimate of drug-likeness (QED) is 0.644. The summed E-state index contributed by atoms with van der Waals surface area (Å²) in [5.74, 6) is 1.24. The highest BCUT2D eigenvalue weighted by atomic mass is 16.5. The van der Waals surface area contributed by atoms with Crippen LogP contribution in [0.3, 0.4) is 0 Å². The van der Waals surface area contributed by atoms with Crippen molar-refractivity contribution in [1.29, 1.82) is 0 Å². The van der Waals surface area contributed by atoms with E-state index in [1.807, 2.05) is 18.2 Å². The topological polar surface area (TPSA) is 92.9 Å². The Balaban J connectivity index is 1.46. The third kappa shape index (κ3) is 4.87. The summed E-state index contributed by atoms with van der Waals surface area (Å²) in [6.45, 7) is 2.54. The van der Waals surface area contributed by atoms with Crippen molar-refractivity contribution in [2.45, 2.75) is 19.8 Å². The van der Waals surface area contributed by atoms with Gasteiger partial charge in [-0.25, -0.2) is 0 Å². The summed E-state index contributed by atoms with van der Waals surface area (Å²) in [7, 11) is 0. The maximum Gasteiger partial charge on any atom is 0.277 e. The molecule has 3 aromatic rings. The summed E-state index contributed by atoms with van der Waals surface area (Å²) in [5, 5.41) is 17.5. The van der Waals surface area contributed by atoms with Crippen LogP contribution in [0.2, 0.25) is 0 Å². The highest BCUT2D eigenvalue weighted by Gasteiger charge is 2.11. The number of nitrogens with zero attached hydrogens (tertiary/aromatic N) is 3. The van der Waals surface area contributed by atoms with Crippen LogP contribution in [0, 0.1) is 6.92 Å². The molecular formula is C18H19N5O2. The predicted molar refractivity (Wildman–Crippen MR) is 94.5 cm³/mol. The van der Waals surface area contributed by atoms with Crippen LogP contribution in [0.15, 0.2) is 53.1 Å². The molecule has 2 N–H and O–H groups in total. The molecule has 25 heavy (non-hydrogen) atoms. The van der Waals surface area contributed by atoms with Gasteiger partial charge in [-0.2, -0.15) is 0 Å². The van der Waals surface area contributed by atoms with Gasteiger partial charge in [0.05, 0.1) is 0 Å². The van der Waals surface area contributed by atoms with Crippen molar-refractivity contribution in [3.05, 3.63) is 65.5 Å². The first-order valence-electron chi connectivity index (χ1n) is 8.07. The van der Waals surface area contributed by atoms with E-state index in [-0.39, 0.29) is 11.6 Å². The van der Waals surface area contributed by atoms with Gasteiger partial charge in [0.25, 0.3) is 5.91 Å². The minimum Gasteiger partial charge on any atom is -0.369 e. The number of hydrogen-bond acceptors (Lipinski definition) is 6. The number of benzene rings is 1. The summed E-state index contributed by atoms with van der Waals surface area (Å²) in [4.78, 5) is 12.0. The first kappa shape index (κ1) is 16.6. The summed E-state index contributed by atoms with van der Waals surface area (Å²) >= 11 is 0. The molecular weight excluding hydrogens is 318 g/mol. The molecule has 0 unspecified atom stereocenters. The average molecular weight is 337 g/mol. The second-order valence-electron chi connectivity index (χ2n) is 5.60. The van der Waals surface area contributed by atoms with E-state index < -0.39 is 0 Å². The monoisotopic (exact) mass is 337 g/mol. The number of nitrogens with one attached hydrogen (secondary N) is 2. The molecule has 0 fully saturated rings. The number of amides is 1. The zero-order valence-electron chi connectivity index (χ0n) is 13.9. The minimum absolute atomic E-state index is 0.218. The number of aryl methyl sites for hydroxylation is 2. The van der Waals surface area contributed by atoms with Crippen LogP contribution in [0.1, 0.15) is 28.2 Å². The van der Waals surface area contributed by atoms with Gasteiger partial charge < -0.3 is 15.2 Å². The Morgan fingerprint density at radius 3 is 2.60 bits per heavy atom. The van der Waals surface area contributed by atoms with Crippen molar-refractivity contribution in [2.24, 2.45) is 0 Å². The summed E-state index contributed by atoms with van der Waals surface area (Å²) in [6, 6.07) is 15.3. The first-order chi connectivity index (χ1) is 12.2. The molecule has 1 amide bonds. The van der Waals surface area contributed by atoms with Gasteiger partial charge in [-0.15, -0.1) is 10.2 Å². The Labute approximate surface area is 145 Å². The van der Waals surface area contributed by atoms with E-state index in [1.54, 1.807) is 25.1 Å². The third-order valence-corrected chi connectivity index (χ3v) is 3.56. The Morgan fingerprint density at radius 2 is 1.92 bits per heavy atom. The summed E-state index contributed by atoms with van der Waals surface area (Å²) in [5.41, 5.74) is 1.53. The van der Waals surface area contributed by atoms with Crippen molar-refractivity contribution in [3.63, 3.8) is 0 Å². The van der Waals surface area contributed by atoms with Crippen LogP contribution < -0.4 is 10.6 Å². The molecule has 0 radical (unpaired) electrons. The second-order valence-corrected chi connectivity index (χ2v) is 5.60. The second kappa shape index (κ2) is 8.05. The molecule has 0 bridgehead atoms. The fourth-order valence-corrected chi connectivity index (χ4v) is 2.31. The Morgan fingerprint density at radius 1 is 1.08 bits per heavy atom. The van der Waals surface area contributed by atoms with Gasteiger partial charge in [-0.3, -0.25) is 4.79 Å². The lowest BCUT2D eigenvalue weighted by atomic mass is 10.1. The number of aromatic nitrogens is 3. The van der Waals surface area contributed by atoms with Gasteiger partial charge in [-0.1, -0.05) is 35.5 Å². The molecule has 2 heterocycles. The molecule has 0 saturated carbocycles. The highest BCUT2D eigenvalue weighted by Crippen LogP contribution is 2.09. The molecule has 0 aliphatic carbocycles. The van der Waals surface area contributed by atoms with Gasteiger partial charge in [-0.05, 0) is 37.5 Å². The van der Waals surface area contributed by atoms with Gasteiger partial charge in [0.2, 0.25) is 0 Å². The molecule has 2 aromatic heterocycles. The number of rotatable bonds is 7. The molecule has 128 valence electrons. The number of anilines is 2. The summed E-state index contributed by atoms with van der Waals surface area (Å²) < 4.78 is 4.90. The fourth-order valence-electron chi connectivity index (χ4n) is 2.31. The predicted octanol–water partition coefficient (Wildman–Crippen LogP) is 3.07. The van der Waals surface area contributed by atoms with Crippen molar-refractivity contribution in [3.8, 4) is 0 Å².